The van der Waals surface area contributed by atoms with Gasteiger partial charge in [-0.1, -0.05) is 0 Å². The average Bonchev–Trinajstić information content (AvgIpc) is 3.02. The number of aliphatic hydroxyl groups excluding tert-OH is 1. The number of hydrogen-bond acceptors (Lipinski definition) is 6. The van der Waals surface area contributed by atoms with Crippen molar-refractivity contribution >= 4 is 5.91 Å². The standard InChI is InChI=1S/C17H24N2O5/c1-22-13-2-4-14(5-3-13)24-12-17(21)19-10-15(16(20)11-19)18-6-8-23-9-7-18/h2-5,15-16,20H,6-12H2,1H3/t15-,16-/m1/s1. The Morgan fingerprint density at radius 1 is 1.21 bits per heavy atom. The highest BCUT2D eigenvalue weighted by atomic mass is 16.5. The normalized spacial score (nSPS) is 24.8. The number of amides is 1. The van der Waals surface area contributed by atoms with Crippen LogP contribution in [0.2, 0.25) is 0 Å². The maximum atomic E-state index is 12.3. The maximum Gasteiger partial charge on any atom is 0.260 e. The molecular formula is C17H24N2O5. The van der Waals surface area contributed by atoms with Crippen molar-refractivity contribution in [3.05, 3.63) is 24.3 Å². The van der Waals surface area contributed by atoms with Gasteiger partial charge in [-0.05, 0) is 24.3 Å². The van der Waals surface area contributed by atoms with E-state index in [4.69, 9.17) is 14.2 Å². The molecule has 1 aromatic carbocycles. The number of carbonyl (C=O) groups excluding carboxylic acids is 1. The van der Waals surface area contributed by atoms with Gasteiger partial charge in [0.2, 0.25) is 0 Å². The molecule has 0 radical (unpaired) electrons. The first-order chi connectivity index (χ1) is 11.7. The number of ether oxygens (including phenoxy) is 3. The van der Waals surface area contributed by atoms with Crippen molar-refractivity contribution in [3.63, 3.8) is 0 Å². The third-order valence-electron chi connectivity index (χ3n) is 4.55. The summed E-state index contributed by atoms with van der Waals surface area (Å²) in [6.45, 7) is 3.81. The molecule has 1 N–H and O–H groups in total. The van der Waals surface area contributed by atoms with E-state index in [-0.39, 0.29) is 18.6 Å². The van der Waals surface area contributed by atoms with Crippen molar-refractivity contribution in [2.75, 3.05) is 53.1 Å². The van der Waals surface area contributed by atoms with E-state index in [1.54, 1.807) is 36.3 Å². The second-order valence-electron chi connectivity index (χ2n) is 6.05. The van der Waals surface area contributed by atoms with Crippen molar-refractivity contribution in [1.29, 1.82) is 0 Å². The quantitative estimate of drug-likeness (QED) is 0.815. The van der Waals surface area contributed by atoms with Crippen LogP contribution in [-0.4, -0.2) is 86.1 Å². The van der Waals surface area contributed by atoms with E-state index in [0.717, 1.165) is 18.8 Å². The van der Waals surface area contributed by atoms with Crippen LogP contribution in [-0.2, 0) is 9.53 Å². The summed E-state index contributed by atoms with van der Waals surface area (Å²) in [4.78, 5) is 16.2. The molecule has 0 saturated carbocycles. The molecule has 1 amide bonds. The molecule has 0 aromatic heterocycles. The number of β-amino-alcohol motifs (C(OH)–C–C–N with tert-alkyl or cyclic N) is 1. The Morgan fingerprint density at radius 3 is 2.54 bits per heavy atom. The number of benzene rings is 1. The minimum absolute atomic E-state index is 0.0150. The number of methoxy groups -OCH3 is 1. The molecule has 2 aliphatic rings. The third-order valence-corrected chi connectivity index (χ3v) is 4.55. The lowest BCUT2D eigenvalue weighted by atomic mass is 10.2. The van der Waals surface area contributed by atoms with Crippen LogP contribution in [0.1, 0.15) is 0 Å². The molecule has 7 nitrogen and oxygen atoms in total. The van der Waals surface area contributed by atoms with E-state index in [1.807, 2.05) is 0 Å². The van der Waals surface area contributed by atoms with Crippen LogP contribution in [0.5, 0.6) is 11.5 Å². The van der Waals surface area contributed by atoms with E-state index >= 15 is 0 Å². The zero-order valence-electron chi connectivity index (χ0n) is 13.9. The van der Waals surface area contributed by atoms with Crippen LogP contribution in [0.3, 0.4) is 0 Å². The van der Waals surface area contributed by atoms with E-state index in [2.05, 4.69) is 4.90 Å². The van der Waals surface area contributed by atoms with Crippen molar-refractivity contribution < 1.29 is 24.1 Å². The molecule has 0 spiro atoms. The number of likely N-dealkylation sites (tertiary alicyclic amines) is 1. The van der Waals surface area contributed by atoms with E-state index in [9.17, 15) is 9.90 Å². The summed E-state index contributed by atoms with van der Waals surface area (Å²) in [6.07, 6.45) is -0.520. The first-order valence-electron chi connectivity index (χ1n) is 8.22. The molecule has 1 aromatic rings. The highest BCUT2D eigenvalue weighted by molar-refractivity contribution is 5.78. The summed E-state index contributed by atoms with van der Waals surface area (Å²) in [7, 11) is 1.60. The van der Waals surface area contributed by atoms with E-state index in [0.29, 0.717) is 32.1 Å². The fourth-order valence-electron chi connectivity index (χ4n) is 3.15. The number of rotatable bonds is 5. The fraction of sp³-hybridized carbons (Fsp3) is 0.588. The predicted octanol–water partition coefficient (Wildman–Crippen LogP) is -0.0221. The summed E-state index contributed by atoms with van der Waals surface area (Å²) < 4.78 is 16.0. The lowest BCUT2D eigenvalue weighted by Gasteiger charge is -2.33. The van der Waals surface area contributed by atoms with Crippen LogP contribution in [0.4, 0.5) is 0 Å². The molecule has 2 atom stereocenters. The Labute approximate surface area is 141 Å². The highest BCUT2D eigenvalue weighted by Gasteiger charge is 2.38. The number of aliphatic hydroxyl groups is 1. The Kier molecular flexibility index (Phi) is 5.55. The fourth-order valence-corrected chi connectivity index (χ4v) is 3.15. The minimum atomic E-state index is -0.520. The first-order valence-corrected chi connectivity index (χ1v) is 8.22. The highest BCUT2D eigenvalue weighted by Crippen LogP contribution is 2.19. The molecule has 0 unspecified atom stereocenters. The molecule has 132 valence electrons. The summed E-state index contributed by atoms with van der Waals surface area (Å²) >= 11 is 0. The van der Waals surface area contributed by atoms with Crippen LogP contribution in [0.25, 0.3) is 0 Å². The maximum absolute atomic E-state index is 12.3. The molecule has 7 heteroatoms. The molecule has 0 bridgehead atoms. The molecule has 2 fully saturated rings. The summed E-state index contributed by atoms with van der Waals surface area (Å²) in [5.41, 5.74) is 0. The lowest BCUT2D eigenvalue weighted by molar-refractivity contribution is -0.132. The molecule has 3 rings (SSSR count). The Balaban J connectivity index is 1.49. The smallest absolute Gasteiger partial charge is 0.260 e. The van der Waals surface area contributed by atoms with Crippen LogP contribution >= 0.6 is 0 Å². The topological polar surface area (TPSA) is 71.5 Å². The predicted molar refractivity (Wildman–Crippen MR) is 87.3 cm³/mol. The summed E-state index contributed by atoms with van der Waals surface area (Å²) in [5.74, 6) is 1.25. The van der Waals surface area contributed by atoms with Crippen molar-refractivity contribution in [2.45, 2.75) is 12.1 Å². The van der Waals surface area contributed by atoms with Crippen LogP contribution in [0, 0.1) is 0 Å². The van der Waals surface area contributed by atoms with Gasteiger partial charge < -0.3 is 24.2 Å². The molecule has 24 heavy (non-hydrogen) atoms. The zero-order chi connectivity index (χ0) is 16.9. The number of nitrogens with zero attached hydrogens (tertiary/aromatic N) is 2. The number of morpholine rings is 1. The van der Waals surface area contributed by atoms with E-state index < -0.39 is 6.10 Å². The van der Waals surface area contributed by atoms with Gasteiger partial charge in [0.25, 0.3) is 5.91 Å². The first kappa shape index (κ1) is 17.0. The molecule has 2 saturated heterocycles. The zero-order valence-corrected chi connectivity index (χ0v) is 13.9. The largest absolute Gasteiger partial charge is 0.497 e. The Bertz CT molecular complexity index is 544. The molecule has 2 heterocycles. The van der Waals surface area contributed by atoms with Gasteiger partial charge in [0.15, 0.2) is 6.61 Å². The van der Waals surface area contributed by atoms with E-state index in [1.165, 1.54) is 0 Å². The van der Waals surface area contributed by atoms with Crippen molar-refractivity contribution in [2.24, 2.45) is 0 Å². The number of carbonyl (C=O) groups is 1. The van der Waals surface area contributed by atoms with Crippen molar-refractivity contribution in [1.82, 2.24) is 9.80 Å². The average molecular weight is 336 g/mol. The Morgan fingerprint density at radius 2 is 1.88 bits per heavy atom. The summed E-state index contributed by atoms with van der Waals surface area (Å²) in [5, 5.41) is 10.3. The monoisotopic (exact) mass is 336 g/mol. The van der Waals surface area contributed by atoms with Crippen LogP contribution in [0.15, 0.2) is 24.3 Å². The van der Waals surface area contributed by atoms with Gasteiger partial charge >= 0.3 is 0 Å². The molecule has 2 aliphatic heterocycles. The van der Waals surface area contributed by atoms with Gasteiger partial charge in [-0.25, -0.2) is 0 Å². The van der Waals surface area contributed by atoms with Gasteiger partial charge in [-0.15, -0.1) is 0 Å². The third kappa shape index (κ3) is 3.98. The van der Waals surface area contributed by atoms with Gasteiger partial charge in [-0.3, -0.25) is 9.69 Å². The van der Waals surface area contributed by atoms with Gasteiger partial charge in [0.1, 0.15) is 11.5 Å². The lowest BCUT2D eigenvalue weighted by Crippen LogP contribution is -2.49. The second kappa shape index (κ2) is 7.83. The molecular weight excluding hydrogens is 312 g/mol. The number of hydrogen-bond donors (Lipinski definition) is 1. The Hall–Kier alpha value is -1.83. The SMILES string of the molecule is COc1ccc(OCC(=O)N2C[C@@H](O)[C@H](N3CCOCC3)C2)cc1. The van der Waals surface area contributed by atoms with Crippen molar-refractivity contribution in [3.8, 4) is 11.5 Å². The second-order valence-corrected chi connectivity index (χ2v) is 6.05. The van der Waals surface area contributed by atoms with Gasteiger partial charge in [0.05, 0.1) is 32.5 Å². The minimum Gasteiger partial charge on any atom is -0.497 e. The van der Waals surface area contributed by atoms with Gasteiger partial charge in [0, 0.05) is 26.2 Å². The summed E-state index contributed by atoms with van der Waals surface area (Å²) in [6, 6.07) is 7.09. The molecule has 0 aliphatic carbocycles. The van der Waals surface area contributed by atoms with Crippen LogP contribution < -0.4 is 9.47 Å². The van der Waals surface area contributed by atoms with Gasteiger partial charge in [-0.2, -0.15) is 0 Å².